The third-order valence-electron chi connectivity index (χ3n) is 3.10. The molecule has 1 unspecified atom stereocenters. The Morgan fingerprint density at radius 3 is 2.50 bits per heavy atom. The minimum absolute atomic E-state index is 0.138. The van der Waals surface area contributed by atoms with E-state index >= 15 is 0 Å². The van der Waals surface area contributed by atoms with E-state index < -0.39 is 18.0 Å². The molecule has 132 valence electrons. The van der Waals surface area contributed by atoms with Crippen molar-refractivity contribution in [1.29, 1.82) is 0 Å². The summed E-state index contributed by atoms with van der Waals surface area (Å²) in [6.07, 6.45) is -0.792. The number of ether oxygens (including phenoxy) is 1. The van der Waals surface area contributed by atoms with Crippen molar-refractivity contribution in [2.24, 2.45) is 5.92 Å². The molecule has 7 nitrogen and oxygen atoms in total. The van der Waals surface area contributed by atoms with Gasteiger partial charge < -0.3 is 20.5 Å². The fourth-order valence-corrected chi connectivity index (χ4v) is 2.12. The molecule has 8 heteroatoms. The maximum Gasteiger partial charge on any atom is 0.334 e. The van der Waals surface area contributed by atoms with Crippen molar-refractivity contribution in [3.8, 4) is 0 Å². The van der Waals surface area contributed by atoms with Gasteiger partial charge in [-0.25, -0.2) is 4.79 Å². The number of rotatable bonds is 8. The lowest BCUT2D eigenvalue weighted by Crippen LogP contribution is -2.37. The monoisotopic (exact) mass is 356 g/mol. The molecule has 0 fully saturated rings. The average molecular weight is 357 g/mol. The Bertz CT molecular complexity index is 618. The molecule has 0 saturated heterocycles. The molecule has 0 radical (unpaired) electrons. The van der Waals surface area contributed by atoms with Crippen LogP contribution in [0.5, 0.6) is 0 Å². The second-order valence-electron chi connectivity index (χ2n) is 5.61. The van der Waals surface area contributed by atoms with E-state index in [9.17, 15) is 14.4 Å². The molecule has 1 aromatic carbocycles. The Kier molecular flexibility index (Phi) is 7.67. The van der Waals surface area contributed by atoms with Crippen LogP contribution in [0.3, 0.4) is 0 Å². The SMILES string of the molecule is COC(CNC(=O)c1cc(NC(=O)CC(C)C)ccc1Cl)C(=O)O. The molecule has 0 aliphatic heterocycles. The molecule has 2 amide bonds. The first-order chi connectivity index (χ1) is 11.2. The maximum absolute atomic E-state index is 12.2. The first-order valence-corrected chi connectivity index (χ1v) is 7.75. The summed E-state index contributed by atoms with van der Waals surface area (Å²) in [6, 6.07) is 4.53. The highest BCUT2D eigenvalue weighted by Gasteiger charge is 2.19. The topological polar surface area (TPSA) is 105 Å². The second-order valence-corrected chi connectivity index (χ2v) is 6.02. The van der Waals surface area contributed by atoms with Crippen molar-refractivity contribution in [3.63, 3.8) is 0 Å². The van der Waals surface area contributed by atoms with Crippen LogP contribution >= 0.6 is 11.6 Å². The second kappa shape index (κ2) is 9.24. The maximum atomic E-state index is 12.2. The molecule has 0 heterocycles. The van der Waals surface area contributed by atoms with E-state index in [2.05, 4.69) is 10.6 Å². The van der Waals surface area contributed by atoms with Crippen LogP contribution < -0.4 is 10.6 Å². The van der Waals surface area contributed by atoms with E-state index in [0.717, 1.165) is 0 Å². The minimum Gasteiger partial charge on any atom is -0.479 e. The molecule has 24 heavy (non-hydrogen) atoms. The van der Waals surface area contributed by atoms with Crippen molar-refractivity contribution in [2.75, 3.05) is 19.0 Å². The standard InChI is InChI=1S/C16H21ClN2O5/c1-9(2)6-14(20)19-10-4-5-12(17)11(7-10)15(21)18-8-13(24-3)16(22)23/h4-5,7,9,13H,6,8H2,1-3H3,(H,18,21)(H,19,20)(H,22,23). The number of anilines is 1. The summed E-state index contributed by atoms with van der Waals surface area (Å²) >= 11 is 6.00. The first-order valence-electron chi connectivity index (χ1n) is 7.37. The van der Waals surface area contributed by atoms with E-state index in [4.69, 9.17) is 21.4 Å². The van der Waals surface area contributed by atoms with Crippen LogP contribution in [0.25, 0.3) is 0 Å². The van der Waals surface area contributed by atoms with Gasteiger partial charge in [0.25, 0.3) is 5.91 Å². The number of carboxylic acids is 1. The number of hydrogen-bond acceptors (Lipinski definition) is 4. The Labute approximate surface area is 145 Å². The lowest BCUT2D eigenvalue weighted by Gasteiger charge is -2.13. The number of carbonyl (C=O) groups excluding carboxylic acids is 2. The predicted molar refractivity (Wildman–Crippen MR) is 90.3 cm³/mol. The molecule has 1 rings (SSSR count). The Hall–Kier alpha value is -2.12. The Balaban J connectivity index is 2.79. The number of aliphatic carboxylic acids is 1. The molecule has 0 spiro atoms. The van der Waals surface area contributed by atoms with E-state index in [0.29, 0.717) is 12.1 Å². The van der Waals surface area contributed by atoms with Crippen molar-refractivity contribution in [1.82, 2.24) is 5.32 Å². The van der Waals surface area contributed by atoms with E-state index in [1.54, 1.807) is 6.07 Å². The van der Waals surface area contributed by atoms with Crippen molar-refractivity contribution in [2.45, 2.75) is 26.4 Å². The summed E-state index contributed by atoms with van der Waals surface area (Å²) < 4.78 is 4.74. The summed E-state index contributed by atoms with van der Waals surface area (Å²) in [6.45, 7) is 3.65. The van der Waals surface area contributed by atoms with Crippen LogP contribution in [-0.2, 0) is 14.3 Å². The number of amides is 2. The smallest absolute Gasteiger partial charge is 0.334 e. The first kappa shape index (κ1) is 19.9. The lowest BCUT2D eigenvalue weighted by molar-refractivity contribution is -0.148. The molecular weight excluding hydrogens is 336 g/mol. The van der Waals surface area contributed by atoms with Gasteiger partial charge >= 0.3 is 5.97 Å². The highest BCUT2D eigenvalue weighted by Crippen LogP contribution is 2.21. The number of benzene rings is 1. The molecule has 0 saturated carbocycles. The summed E-state index contributed by atoms with van der Waals surface area (Å²) in [7, 11) is 1.24. The quantitative estimate of drug-likeness (QED) is 0.662. The minimum atomic E-state index is -1.18. The third kappa shape index (κ3) is 6.17. The van der Waals surface area contributed by atoms with Crippen LogP contribution in [-0.4, -0.2) is 42.6 Å². The van der Waals surface area contributed by atoms with Crippen molar-refractivity contribution < 1.29 is 24.2 Å². The third-order valence-corrected chi connectivity index (χ3v) is 3.43. The van der Waals surface area contributed by atoms with E-state index in [1.165, 1.54) is 19.2 Å². The number of hydrogen-bond donors (Lipinski definition) is 3. The summed E-state index contributed by atoms with van der Waals surface area (Å²) in [5.41, 5.74) is 0.580. The molecule has 3 N–H and O–H groups in total. The van der Waals surface area contributed by atoms with E-state index in [1.807, 2.05) is 13.8 Å². The number of methoxy groups -OCH3 is 1. The summed E-state index contributed by atoms with van der Waals surface area (Å²) in [4.78, 5) is 34.8. The normalized spacial score (nSPS) is 11.9. The van der Waals surface area contributed by atoms with Crippen molar-refractivity contribution >= 4 is 35.1 Å². The van der Waals surface area contributed by atoms with Gasteiger partial charge in [0.05, 0.1) is 17.1 Å². The largest absolute Gasteiger partial charge is 0.479 e. The zero-order valence-corrected chi connectivity index (χ0v) is 14.5. The predicted octanol–water partition coefficient (Wildman–Crippen LogP) is 2.15. The zero-order valence-electron chi connectivity index (χ0n) is 13.8. The molecule has 1 atom stereocenters. The van der Waals surface area contributed by atoms with Crippen LogP contribution in [0.4, 0.5) is 5.69 Å². The van der Waals surface area contributed by atoms with Crippen LogP contribution in [0, 0.1) is 5.92 Å². The fourth-order valence-electron chi connectivity index (χ4n) is 1.91. The number of carboxylic acid groups (broad SMARTS) is 1. The molecule has 0 aliphatic rings. The van der Waals surface area contributed by atoms with Crippen LogP contribution in [0.1, 0.15) is 30.6 Å². The van der Waals surface area contributed by atoms with Gasteiger partial charge in [-0.1, -0.05) is 25.4 Å². The molecule has 0 aliphatic carbocycles. The molecule has 0 aromatic heterocycles. The molecule has 0 bridgehead atoms. The van der Waals surface area contributed by atoms with Gasteiger partial charge in [-0.3, -0.25) is 9.59 Å². The molecule has 1 aromatic rings. The Morgan fingerprint density at radius 2 is 1.96 bits per heavy atom. The van der Waals surface area contributed by atoms with Crippen LogP contribution in [0.2, 0.25) is 5.02 Å². The van der Waals surface area contributed by atoms with Crippen molar-refractivity contribution in [3.05, 3.63) is 28.8 Å². The average Bonchev–Trinajstić information content (AvgIpc) is 2.48. The number of carbonyl (C=O) groups is 3. The van der Waals surface area contributed by atoms with Gasteiger partial charge in [-0.05, 0) is 24.1 Å². The lowest BCUT2D eigenvalue weighted by atomic mass is 10.1. The van der Waals surface area contributed by atoms with Gasteiger partial charge in [0.1, 0.15) is 0 Å². The number of nitrogens with one attached hydrogen (secondary N) is 2. The Morgan fingerprint density at radius 1 is 1.29 bits per heavy atom. The van der Waals surface area contributed by atoms with E-state index in [-0.39, 0.29) is 29.0 Å². The van der Waals surface area contributed by atoms with Gasteiger partial charge in [-0.2, -0.15) is 0 Å². The van der Waals surface area contributed by atoms with Gasteiger partial charge in [-0.15, -0.1) is 0 Å². The summed E-state index contributed by atoms with van der Waals surface area (Å²) in [5.74, 6) is -1.69. The fraction of sp³-hybridized carbons (Fsp3) is 0.438. The van der Waals surface area contributed by atoms with Gasteiger partial charge in [0.2, 0.25) is 5.91 Å². The zero-order chi connectivity index (χ0) is 18.3. The summed E-state index contributed by atoms with van der Waals surface area (Å²) in [5, 5.41) is 14.2. The highest BCUT2D eigenvalue weighted by molar-refractivity contribution is 6.34. The highest BCUT2D eigenvalue weighted by atomic mass is 35.5. The van der Waals surface area contributed by atoms with Gasteiger partial charge in [0, 0.05) is 19.2 Å². The molecular formula is C16H21ClN2O5. The van der Waals surface area contributed by atoms with Crippen LogP contribution in [0.15, 0.2) is 18.2 Å². The van der Waals surface area contributed by atoms with Gasteiger partial charge in [0.15, 0.2) is 6.10 Å². The number of halogens is 1.